The lowest BCUT2D eigenvalue weighted by molar-refractivity contribution is 0.0526. The minimum absolute atomic E-state index is 0.269. The molecule has 0 aliphatic carbocycles. The monoisotopic (exact) mass is 367 g/mol. The van der Waals surface area contributed by atoms with Gasteiger partial charge in [0.2, 0.25) is 0 Å². The molecular weight excluding hydrogens is 346 g/mol. The number of nitrogens with one attached hydrogen (secondary N) is 1. The molecule has 0 fully saturated rings. The molecule has 1 heterocycles. The van der Waals surface area contributed by atoms with Gasteiger partial charge in [-0.05, 0) is 49.4 Å². The maximum atomic E-state index is 12.8. The number of rotatable bonds is 6. The summed E-state index contributed by atoms with van der Waals surface area (Å²) in [4.78, 5) is 24.5. The molecule has 1 amide bonds. The lowest BCUT2D eigenvalue weighted by Crippen LogP contribution is -2.12. The summed E-state index contributed by atoms with van der Waals surface area (Å²) in [5, 5.41) is 3.54. The van der Waals surface area contributed by atoms with Gasteiger partial charge < -0.3 is 19.2 Å². The van der Waals surface area contributed by atoms with Crippen LogP contribution in [0, 0.1) is 0 Å². The summed E-state index contributed by atoms with van der Waals surface area (Å²) in [6, 6.07) is 11.8. The van der Waals surface area contributed by atoms with Crippen LogP contribution in [0.2, 0.25) is 0 Å². The van der Waals surface area contributed by atoms with E-state index in [0.717, 1.165) is 5.76 Å². The van der Waals surface area contributed by atoms with Crippen molar-refractivity contribution in [1.29, 1.82) is 0 Å². The number of methoxy groups -OCH3 is 1. The molecule has 0 aliphatic heterocycles. The first-order chi connectivity index (χ1) is 13.1. The van der Waals surface area contributed by atoms with E-state index in [1.807, 2.05) is 13.0 Å². The molecule has 0 saturated heterocycles. The Morgan fingerprint density at radius 3 is 2.44 bits per heavy atom. The van der Waals surface area contributed by atoms with Crippen LogP contribution >= 0.6 is 0 Å². The number of amides is 1. The number of ether oxygens (including phenoxy) is 2. The number of carbonyl (C=O) groups is 2. The number of aryl methyl sites for hydroxylation is 1. The predicted molar refractivity (Wildman–Crippen MR) is 102 cm³/mol. The van der Waals surface area contributed by atoms with Crippen molar-refractivity contribution in [1.82, 2.24) is 0 Å². The average molecular weight is 367 g/mol. The Labute approximate surface area is 157 Å². The van der Waals surface area contributed by atoms with E-state index in [1.165, 1.54) is 0 Å². The van der Waals surface area contributed by atoms with Crippen LogP contribution in [0.25, 0.3) is 11.0 Å². The number of furan rings is 1. The summed E-state index contributed by atoms with van der Waals surface area (Å²) in [5.41, 5.74) is 2.06. The third kappa shape index (κ3) is 3.79. The zero-order chi connectivity index (χ0) is 19.4. The van der Waals surface area contributed by atoms with E-state index in [0.29, 0.717) is 46.6 Å². The highest BCUT2D eigenvalue weighted by molar-refractivity contribution is 6.13. The van der Waals surface area contributed by atoms with Crippen LogP contribution in [0.5, 0.6) is 5.75 Å². The number of fused-ring (bicyclic) bond motifs is 1. The standard InChI is InChI=1S/C21H21NO5/c1-4-15-12-17-16(10-11-18(25-3)19(17)27-15)20(23)22-14-8-6-13(7-9-14)21(24)26-5-2/h6-12H,4-5H2,1-3H3,(H,22,23). The highest BCUT2D eigenvalue weighted by Gasteiger charge is 2.17. The van der Waals surface area contributed by atoms with Gasteiger partial charge in [-0.3, -0.25) is 4.79 Å². The Morgan fingerprint density at radius 2 is 1.81 bits per heavy atom. The van der Waals surface area contributed by atoms with Gasteiger partial charge in [-0.1, -0.05) is 6.92 Å². The maximum Gasteiger partial charge on any atom is 0.338 e. The Bertz CT molecular complexity index is 972. The Kier molecular flexibility index (Phi) is 5.45. The molecule has 0 spiro atoms. The zero-order valence-electron chi connectivity index (χ0n) is 15.5. The average Bonchev–Trinajstić information content (AvgIpc) is 3.12. The number of anilines is 1. The second-order valence-electron chi connectivity index (χ2n) is 5.88. The summed E-state index contributed by atoms with van der Waals surface area (Å²) in [6.45, 7) is 4.05. The fraction of sp³-hybridized carbons (Fsp3) is 0.238. The summed E-state index contributed by atoms with van der Waals surface area (Å²) in [6.07, 6.45) is 0.716. The van der Waals surface area contributed by atoms with Gasteiger partial charge >= 0.3 is 5.97 Å². The molecule has 2 aromatic carbocycles. The number of hydrogen-bond donors (Lipinski definition) is 1. The second kappa shape index (κ2) is 7.95. The summed E-state index contributed by atoms with van der Waals surface area (Å²) >= 11 is 0. The quantitative estimate of drug-likeness (QED) is 0.652. The van der Waals surface area contributed by atoms with Crippen LogP contribution in [0.3, 0.4) is 0 Å². The molecule has 0 bridgehead atoms. The predicted octanol–water partition coefficient (Wildman–Crippen LogP) is 4.43. The molecule has 6 heteroatoms. The molecule has 6 nitrogen and oxygen atoms in total. The van der Waals surface area contributed by atoms with Gasteiger partial charge in [-0.25, -0.2) is 4.79 Å². The fourth-order valence-corrected chi connectivity index (χ4v) is 2.79. The lowest BCUT2D eigenvalue weighted by atomic mass is 10.1. The van der Waals surface area contributed by atoms with Crippen LogP contribution in [0.15, 0.2) is 46.9 Å². The van der Waals surface area contributed by atoms with Crippen molar-refractivity contribution in [3.05, 3.63) is 59.4 Å². The Morgan fingerprint density at radius 1 is 1.07 bits per heavy atom. The molecule has 0 unspecified atom stereocenters. The highest BCUT2D eigenvalue weighted by atomic mass is 16.5. The molecule has 1 N–H and O–H groups in total. The number of benzene rings is 2. The third-order valence-electron chi connectivity index (χ3n) is 4.17. The molecule has 0 radical (unpaired) electrons. The van der Waals surface area contributed by atoms with Gasteiger partial charge in [0.05, 0.1) is 24.8 Å². The van der Waals surface area contributed by atoms with Gasteiger partial charge in [0.25, 0.3) is 5.91 Å². The summed E-state index contributed by atoms with van der Waals surface area (Å²) in [7, 11) is 1.56. The van der Waals surface area contributed by atoms with Crippen molar-refractivity contribution in [2.45, 2.75) is 20.3 Å². The molecule has 3 rings (SSSR count). The van der Waals surface area contributed by atoms with E-state index in [1.54, 1.807) is 50.4 Å². The zero-order valence-corrected chi connectivity index (χ0v) is 15.5. The van der Waals surface area contributed by atoms with Crippen molar-refractivity contribution >= 4 is 28.5 Å². The summed E-state index contributed by atoms with van der Waals surface area (Å²) < 4.78 is 16.1. The van der Waals surface area contributed by atoms with E-state index in [2.05, 4.69) is 5.32 Å². The lowest BCUT2D eigenvalue weighted by Gasteiger charge is -2.08. The molecule has 1 aromatic heterocycles. The van der Waals surface area contributed by atoms with Gasteiger partial charge in [0.1, 0.15) is 5.76 Å². The Hall–Kier alpha value is -3.28. The van der Waals surface area contributed by atoms with Crippen molar-refractivity contribution in [2.24, 2.45) is 0 Å². The van der Waals surface area contributed by atoms with Crippen LogP contribution in [0.1, 0.15) is 40.3 Å². The van der Waals surface area contributed by atoms with Gasteiger partial charge in [0.15, 0.2) is 11.3 Å². The topological polar surface area (TPSA) is 77.8 Å². The Balaban J connectivity index is 1.86. The molecule has 0 saturated carbocycles. The van der Waals surface area contributed by atoms with Crippen LogP contribution in [0.4, 0.5) is 5.69 Å². The number of carbonyl (C=O) groups excluding carboxylic acids is 2. The molecule has 27 heavy (non-hydrogen) atoms. The van der Waals surface area contributed by atoms with Crippen molar-refractivity contribution in [3.8, 4) is 5.75 Å². The smallest absolute Gasteiger partial charge is 0.338 e. The largest absolute Gasteiger partial charge is 0.493 e. The first kappa shape index (κ1) is 18.5. The minimum atomic E-state index is -0.391. The van der Waals surface area contributed by atoms with Crippen LogP contribution in [-0.4, -0.2) is 25.6 Å². The second-order valence-corrected chi connectivity index (χ2v) is 5.88. The number of esters is 1. The van der Waals surface area contributed by atoms with Crippen LogP contribution < -0.4 is 10.1 Å². The van der Waals surface area contributed by atoms with E-state index >= 15 is 0 Å². The van der Waals surface area contributed by atoms with Crippen molar-refractivity contribution < 1.29 is 23.5 Å². The van der Waals surface area contributed by atoms with Gasteiger partial charge in [0, 0.05) is 17.5 Å². The normalized spacial score (nSPS) is 10.6. The number of hydrogen-bond acceptors (Lipinski definition) is 5. The first-order valence-corrected chi connectivity index (χ1v) is 8.75. The van der Waals surface area contributed by atoms with Crippen molar-refractivity contribution in [3.63, 3.8) is 0 Å². The van der Waals surface area contributed by atoms with E-state index in [-0.39, 0.29) is 5.91 Å². The first-order valence-electron chi connectivity index (χ1n) is 8.75. The van der Waals surface area contributed by atoms with E-state index in [9.17, 15) is 9.59 Å². The molecule has 3 aromatic rings. The van der Waals surface area contributed by atoms with E-state index in [4.69, 9.17) is 13.9 Å². The van der Waals surface area contributed by atoms with E-state index < -0.39 is 5.97 Å². The van der Waals surface area contributed by atoms with Gasteiger partial charge in [-0.2, -0.15) is 0 Å². The van der Waals surface area contributed by atoms with Crippen molar-refractivity contribution in [2.75, 3.05) is 19.0 Å². The third-order valence-corrected chi connectivity index (χ3v) is 4.17. The molecular formula is C21H21NO5. The maximum absolute atomic E-state index is 12.8. The molecule has 0 atom stereocenters. The fourth-order valence-electron chi connectivity index (χ4n) is 2.79. The molecule has 0 aliphatic rings. The van der Waals surface area contributed by atoms with Gasteiger partial charge in [-0.15, -0.1) is 0 Å². The highest BCUT2D eigenvalue weighted by Crippen LogP contribution is 2.32. The molecule has 140 valence electrons. The SMILES string of the molecule is CCOC(=O)c1ccc(NC(=O)c2ccc(OC)c3oc(CC)cc23)cc1. The minimum Gasteiger partial charge on any atom is -0.493 e. The summed E-state index contributed by atoms with van der Waals surface area (Å²) in [5.74, 6) is 0.704. The van der Waals surface area contributed by atoms with Crippen LogP contribution in [-0.2, 0) is 11.2 Å².